The molecule has 6 nitrogen and oxygen atoms in total. The predicted octanol–water partition coefficient (Wildman–Crippen LogP) is 3.43. The highest BCUT2D eigenvalue weighted by Crippen LogP contribution is 2.25. The Hall–Kier alpha value is -1.64. The third kappa shape index (κ3) is 4.46. The van der Waals surface area contributed by atoms with Crippen LogP contribution < -0.4 is 10.0 Å². The quantitative estimate of drug-likeness (QED) is 0.794. The van der Waals surface area contributed by atoms with Crippen LogP contribution in [0.3, 0.4) is 0 Å². The van der Waals surface area contributed by atoms with E-state index in [0.29, 0.717) is 15.6 Å². The van der Waals surface area contributed by atoms with Crippen molar-refractivity contribution in [1.29, 1.82) is 0 Å². The minimum atomic E-state index is -3.78. The number of nitrogens with zero attached hydrogens (tertiary/aromatic N) is 1. The van der Waals surface area contributed by atoms with Gasteiger partial charge in [0, 0.05) is 11.1 Å². The first kappa shape index (κ1) is 18.7. The summed E-state index contributed by atoms with van der Waals surface area (Å²) in [4.78, 5) is 16.8. The van der Waals surface area contributed by atoms with Crippen molar-refractivity contribution >= 4 is 44.0 Å². The van der Waals surface area contributed by atoms with E-state index in [-0.39, 0.29) is 22.0 Å². The SMILES string of the molecule is CCC(C)NC(=O)c1sc(NS(=O)(=O)c2ccc(Cl)cc2)nc1C. The number of aromatic nitrogens is 1. The van der Waals surface area contributed by atoms with Crippen molar-refractivity contribution in [3.05, 3.63) is 39.9 Å². The minimum Gasteiger partial charge on any atom is -0.349 e. The van der Waals surface area contributed by atoms with Gasteiger partial charge in [-0.05, 0) is 44.5 Å². The second-order valence-corrected chi connectivity index (χ2v) is 8.39. The number of aryl methyl sites for hydroxylation is 1. The van der Waals surface area contributed by atoms with Gasteiger partial charge in [-0.1, -0.05) is 29.9 Å². The Labute approximate surface area is 150 Å². The van der Waals surface area contributed by atoms with E-state index >= 15 is 0 Å². The summed E-state index contributed by atoms with van der Waals surface area (Å²) in [6, 6.07) is 5.83. The lowest BCUT2D eigenvalue weighted by atomic mass is 10.2. The molecule has 1 aromatic heterocycles. The standard InChI is InChI=1S/C15H18ClN3O3S2/c1-4-9(2)17-14(20)13-10(3)18-15(23-13)19-24(21,22)12-7-5-11(16)6-8-12/h5-9H,4H2,1-3H3,(H,17,20)(H,18,19). The molecule has 0 saturated carbocycles. The minimum absolute atomic E-state index is 0.0354. The molecule has 2 rings (SSSR count). The Morgan fingerprint density at radius 3 is 2.54 bits per heavy atom. The van der Waals surface area contributed by atoms with Crippen molar-refractivity contribution in [3.8, 4) is 0 Å². The van der Waals surface area contributed by atoms with Crippen molar-refractivity contribution in [2.24, 2.45) is 0 Å². The van der Waals surface area contributed by atoms with Crippen molar-refractivity contribution in [3.63, 3.8) is 0 Å². The van der Waals surface area contributed by atoms with E-state index in [9.17, 15) is 13.2 Å². The maximum atomic E-state index is 12.3. The normalized spacial score (nSPS) is 12.7. The van der Waals surface area contributed by atoms with Crippen LogP contribution in [0, 0.1) is 6.92 Å². The molecule has 2 aromatic rings. The highest BCUT2D eigenvalue weighted by atomic mass is 35.5. The molecular weight excluding hydrogens is 370 g/mol. The lowest BCUT2D eigenvalue weighted by molar-refractivity contribution is 0.0942. The van der Waals surface area contributed by atoms with E-state index in [0.717, 1.165) is 17.8 Å². The van der Waals surface area contributed by atoms with Gasteiger partial charge in [-0.2, -0.15) is 0 Å². The molecular formula is C15H18ClN3O3S2. The molecule has 130 valence electrons. The molecule has 1 amide bonds. The molecule has 0 spiro atoms. The van der Waals surface area contributed by atoms with Crippen LogP contribution in [0.5, 0.6) is 0 Å². The summed E-state index contributed by atoms with van der Waals surface area (Å²) in [5.41, 5.74) is 0.481. The monoisotopic (exact) mass is 387 g/mol. The van der Waals surface area contributed by atoms with Crippen LogP contribution in [0.2, 0.25) is 5.02 Å². The van der Waals surface area contributed by atoms with Gasteiger partial charge in [0.2, 0.25) is 0 Å². The molecule has 0 aliphatic heterocycles. The highest BCUT2D eigenvalue weighted by Gasteiger charge is 2.20. The molecule has 0 fully saturated rings. The van der Waals surface area contributed by atoms with Crippen LogP contribution in [0.25, 0.3) is 0 Å². The number of carbonyl (C=O) groups excluding carboxylic acids is 1. The number of thiazole rings is 1. The zero-order chi connectivity index (χ0) is 17.9. The number of benzene rings is 1. The van der Waals surface area contributed by atoms with Crippen molar-refractivity contribution in [2.45, 2.75) is 38.1 Å². The first-order chi connectivity index (χ1) is 11.2. The first-order valence-electron chi connectivity index (χ1n) is 7.29. The molecule has 0 bridgehead atoms. The van der Waals surface area contributed by atoms with E-state index in [2.05, 4.69) is 15.0 Å². The third-order valence-corrected chi connectivity index (χ3v) is 6.15. The van der Waals surface area contributed by atoms with Crippen molar-refractivity contribution < 1.29 is 13.2 Å². The van der Waals surface area contributed by atoms with Crippen LogP contribution in [0.15, 0.2) is 29.2 Å². The maximum Gasteiger partial charge on any atom is 0.263 e. The number of hydrogen-bond donors (Lipinski definition) is 2. The fraction of sp³-hybridized carbons (Fsp3) is 0.333. The Balaban J connectivity index is 2.20. The predicted molar refractivity (Wildman–Crippen MR) is 96.3 cm³/mol. The summed E-state index contributed by atoms with van der Waals surface area (Å²) in [5, 5.41) is 3.44. The van der Waals surface area contributed by atoms with Gasteiger partial charge in [0.1, 0.15) is 4.88 Å². The number of nitrogens with one attached hydrogen (secondary N) is 2. The van der Waals surface area contributed by atoms with Crippen LogP contribution in [0.4, 0.5) is 5.13 Å². The number of halogens is 1. The van der Waals surface area contributed by atoms with Gasteiger partial charge in [-0.3, -0.25) is 9.52 Å². The molecule has 24 heavy (non-hydrogen) atoms. The van der Waals surface area contributed by atoms with E-state index < -0.39 is 10.0 Å². The van der Waals surface area contributed by atoms with Crippen molar-refractivity contribution in [2.75, 3.05) is 4.72 Å². The smallest absolute Gasteiger partial charge is 0.263 e. The second kappa shape index (κ2) is 7.50. The van der Waals surface area contributed by atoms with Gasteiger partial charge in [-0.25, -0.2) is 13.4 Å². The summed E-state index contributed by atoms with van der Waals surface area (Å²) >= 11 is 6.77. The Morgan fingerprint density at radius 1 is 1.33 bits per heavy atom. The van der Waals surface area contributed by atoms with Gasteiger partial charge < -0.3 is 5.32 Å². The number of anilines is 1. The molecule has 1 aromatic carbocycles. The summed E-state index contributed by atoms with van der Waals surface area (Å²) in [6.45, 7) is 5.54. The average molecular weight is 388 g/mol. The number of sulfonamides is 1. The van der Waals surface area contributed by atoms with Crippen LogP contribution in [-0.4, -0.2) is 25.4 Å². The Kier molecular flexibility index (Phi) is 5.84. The average Bonchev–Trinajstić information content (AvgIpc) is 2.87. The highest BCUT2D eigenvalue weighted by molar-refractivity contribution is 7.93. The van der Waals surface area contributed by atoms with Gasteiger partial charge in [-0.15, -0.1) is 0 Å². The lowest BCUT2D eigenvalue weighted by Gasteiger charge is -2.10. The number of amides is 1. The lowest BCUT2D eigenvalue weighted by Crippen LogP contribution is -2.31. The fourth-order valence-corrected chi connectivity index (χ4v) is 4.06. The fourth-order valence-electron chi connectivity index (χ4n) is 1.83. The molecule has 0 aliphatic carbocycles. The summed E-state index contributed by atoms with van der Waals surface area (Å²) in [7, 11) is -3.78. The van der Waals surface area contributed by atoms with Crippen LogP contribution in [-0.2, 0) is 10.0 Å². The second-order valence-electron chi connectivity index (χ2n) is 5.28. The molecule has 1 unspecified atom stereocenters. The van der Waals surface area contributed by atoms with E-state index in [1.165, 1.54) is 24.3 Å². The van der Waals surface area contributed by atoms with Crippen LogP contribution in [0.1, 0.15) is 35.6 Å². The van der Waals surface area contributed by atoms with Gasteiger partial charge in [0.05, 0.1) is 10.6 Å². The zero-order valence-corrected chi connectivity index (χ0v) is 15.8. The molecule has 2 N–H and O–H groups in total. The number of hydrogen-bond acceptors (Lipinski definition) is 5. The van der Waals surface area contributed by atoms with Crippen molar-refractivity contribution in [1.82, 2.24) is 10.3 Å². The topological polar surface area (TPSA) is 88.2 Å². The van der Waals surface area contributed by atoms with Gasteiger partial charge in [0.15, 0.2) is 5.13 Å². The molecule has 9 heteroatoms. The van der Waals surface area contributed by atoms with E-state index in [1.807, 2.05) is 13.8 Å². The molecule has 0 radical (unpaired) electrons. The largest absolute Gasteiger partial charge is 0.349 e. The van der Waals surface area contributed by atoms with E-state index in [4.69, 9.17) is 11.6 Å². The Morgan fingerprint density at radius 2 is 1.96 bits per heavy atom. The van der Waals surface area contributed by atoms with Crippen LogP contribution >= 0.6 is 22.9 Å². The Bertz CT molecular complexity index is 832. The number of rotatable bonds is 6. The first-order valence-corrected chi connectivity index (χ1v) is 9.97. The molecule has 1 atom stereocenters. The molecule has 1 heterocycles. The van der Waals surface area contributed by atoms with Gasteiger partial charge in [0.25, 0.3) is 15.9 Å². The number of carbonyl (C=O) groups is 1. The van der Waals surface area contributed by atoms with E-state index in [1.54, 1.807) is 6.92 Å². The molecule has 0 aliphatic rings. The summed E-state index contributed by atoms with van der Waals surface area (Å²) in [6.07, 6.45) is 0.805. The summed E-state index contributed by atoms with van der Waals surface area (Å²) in [5.74, 6) is -0.253. The molecule has 0 saturated heterocycles. The zero-order valence-electron chi connectivity index (χ0n) is 13.5. The summed E-state index contributed by atoms with van der Waals surface area (Å²) < 4.78 is 27.1. The van der Waals surface area contributed by atoms with Gasteiger partial charge >= 0.3 is 0 Å². The maximum absolute atomic E-state index is 12.3. The third-order valence-electron chi connectivity index (χ3n) is 3.34.